The lowest BCUT2D eigenvalue weighted by Crippen LogP contribution is -2.52. The minimum Gasteiger partial charge on any atom is -0.490 e. The number of rotatable bonds is 7. The second kappa shape index (κ2) is 10.5. The second-order valence-electron chi connectivity index (χ2n) is 10.2. The molecule has 1 atom stereocenters. The van der Waals surface area contributed by atoms with E-state index in [-0.39, 0.29) is 30.3 Å². The van der Waals surface area contributed by atoms with Crippen LogP contribution in [-0.4, -0.2) is 90.1 Å². The normalized spacial score (nSPS) is 25.0. The van der Waals surface area contributed by atoms with Crippen molar-refractivity contribution in [3.8, 4) is 5.75 Å². The molecule has 0 aliphatic carbocycles. The molecule has 1 aromatic rings. The van der Waals surface area contributed by atoms with Crippen LogP contribution in [0, 0.1) is 5.92 Å². The van der Waals surface area contributed by atoms with Gasteiger partial charge in [0.05, 0.1) is 0 Å². The van der Waals surface area contributed by atoms with E-state index < -0.39 is 11.9 Å². The van der Waals surface area contributed by atoms with Crippen LogP contribution in [0.25, 0.3) is 0 Å². The van der Waals surface area contributed by atoms with Crippen molar-refractivity contribution in [3.05, 3.63) is 29.3 Å². The fraction of sp³-hybridized carbons (Fsp3) is 0.615. The largest absolute Gasteiger partial charge is 0.490 e. The lowest BCUT2D eigenvalue weighted by molar-refractivity contribution is -0.136. The maximum Gasteiger partial charge on any atom is 0.255 e. The highest BCUT2D eigenvalue weighted by atomic mass is 16.5. The number of carbonyl (C=O) groups excluding carboxylic acids is 4. The first-order chi connectivity index (χ1) is 17.0. The van der Waals surface area contributed by atoms with Crippen LogP contribution in [0.5, 0.6) is 5.75 Å². The Labute approximate surface area is 205 Å². The Hall–Kier alpha value is -2.78. The van der Waals surface area contributed by atoms with Crippen molar-refractivity contribution in [2.45, 2.75) is 57.2 Å². The fourth-order valence-corrected chi connectivity index (χ4v) is 5.66. The van der Waals surface area contributed by atoms with Gasteiger partial charge in [-0.15, -0.1) is 0 Å². The molecule has 35 heavy (non-hydrogen) atoms. The van der Waals surface area contributed by atoms with Crippen LogP contribution in [0.15, 0.2) is 18.2 Å². The van der Waals surface area contributed by atoms with Crippen LogP contribution in [0.4, 0.5) is 0 Å². The summed E-state index contributed by atoms with van der Waals surface area (Å²) >= 11 is 0. The van der Waals surface area contributed by atoms with Crippen molar-refractivity contribution < 1.29 is 23.9 Å². The summed E-state index contributed by atoms with van der Waals surface area (Å²) in [7, 11) is 0. The van der Waals surface area contributed by atoms with E-state index in [9.17, 15) is 19.2 Å². The van der Waals surface area contributed by atoms with Crippen LogP contribution in [0.1, 0.15) is 54.4 Å². The number of hydrogen-bond donors (Lipinski definition) is 1. The molecule has 0 spiro atoms. The molecule has 188 valence electrons. The number of fused-ring (bicyclic) bond motifs is 1. The third-order valence-electron chi connectivity index (χ3n) is 7.89. The number of carbonyl (C=O) groups is 4. The van der Waals surface area contributed by atoms with Crippen LogP contribution in [0.2, 0.25) is 0 Å². The molecular formula is C26H34N4O5. The number of benzene rings is 1. The fourth-order valence-electron chi connectivity index (χ4n) is 5.66. The lowest BCUT2D eigenvalue weighted by Gasteiger charge is -2.35. The molecule has 5 rings (SSSR count). The lowest BCUT2D eigenvalue weighted by atomic mass is 9.99. The molecule has 1 N–H and O–H groups in total. The number of nitrogens with zero attached hydrogens (tertiary/aromatic N) is 3. The number of piperidine rings is 3. The number of aldehydes is 1. The smallest absolute Gasteiger partial charge is 0.255 e. The van der Waals surface area contributed by atoms with Gasteiger partial charge in [0.1, 0.15) is 24.2 Å². The van der Waals surface area contributed by atoms with E-state index in [4.69, 9.17) is 4.74 Å². The number of ether oxygens (including phenoxy) is 1. The maximum atomic E-state index is 12.9. The van der Waals surface area contributed by atoms with E-state index in [1.54, 1.807) is 11.0 Å². The van der Waals surface area contributed by atoms with Gasteiger partial charge in [-0.05, 0) is 69.0 Å². The van der Waals surface area contributed by atoms with Crippen molar-refractivity contribution in [2.75, 3.05) is 39.3 Å². The average Bonchev–Trinajstić information content (AvgIpc) is 3.19. The molecule has 1 unspecified atom stereocenters. The number of likely N-dealkylation sites (tertiary alicyclic amines) is 2. The molecule has 1 aromatic carbocycles. The number of imide groups is 1. The average molecular weight is 483 g/mol. The Balaban J connectivity index is 1.09. The summed E-state index contributed by atoms with van der Waals surface area (Å²) < 4.78 is 6.27. The summed E-state index contributed by atoms with van der Waals surface area (Å²) in [6.07, 6.45) is 5.77. The second-order valence-corrected chi connectivity index (χ2v) is 10.2. The molecule has 9 heteroatoms. The van der Waals surface area contributed by atoms with Crippen molar-refractivity contribution in [2.24, 2.45) is 5.92 Å². The van der Waals surface area contributed by atoms with Crippen LogP contribution in [0.3, 0.4) is 0 Å². The van der Waals surface area contributed by atoms with Gasteiger partial charge in [0.2, 0.25) is 11.8 Å². The summed E-state index contributed by atoms with van der Waals surface area (Å²) in [5.74, 6) is 0.173. The summed E-state index contributed by atoms with van der Waals surface area (Å²) in [5.41, 5.74) is 1.47. The van der Waals surface area contributed by atoms with Gasteiger partial charge in [0.25, 0.3) is 5.91 Å². The Kier molecular flexibility index (Phi) is 7.15. The van der Waals surface area contributed by atoms with E-state index >= 15 is 0 Å². The summed E-state index contributed by atoms with van der Waals surface area (Å²) in [6, 6.07) is 4.97. The molecule has 0 saturated carbocycles. The highest BCUT2D eigenvalue weighted by molar-refractivity contribution is 6.05. The Bertz CT molecular complexity index is 982. The first-order valence-electron chi connectivity index (χ1n) is 12.8. The van der Waals surface area contributed by atoms with Gasteiger partial charge in [-0.25, -0.2) is 0 Å². The zero-order valence-electron chi connectivity index (χ0n) is 20.1. The topological polar surface area (TPSA) is 99.3 Å². The van der Waals surface area contributed by atoms with Gasteiger partial charge in [0, 0.05) is 50.6 Å². The maximum absolute atomic E-state index is 12.9. The molecule has 0 bridgehead atoms. The molecule has 4 aliphatic heterocycles. The minimum atomic E-state index is -0.599. The first-order valence-corrected chi connectivity index (χ1v) is 12.8. The summed E-state index contributed by atoms with van der Waals surface area (Å²) in [5, 5.41) is 2.34. The predicted molar refractivity (Wildman–Crippen MR) is 128 cm³/mol. The van der Waals surface area contributed by atoms with Gasteiger partial charge < -0.3 is 24.2 Å². The summed E-state index contributed by atoms with van der Waals surface area (Å²) in [4.78, 5) is 54.0. The van der Waals surface area contributed by atoms with Crippen molar-refractivity contribution in [1.82, 2.24) is 20.0 Å². The standard InChI is InChI=1S/C26H34N4O5/c31-17-18-5-9-28(10-6-18)13-14-29-11-7-20(8-12-29)35-21-1-2-22-19(15-21)16-30(26(22)34)23-3-4-24(32)27-25(23)33/h1-2,15,17-18,20,23H,3-14,16H2,(H,27,32,33). The Morgan fingerprint density at radius 1 is 0.943 bits per heavy atom. The van der Waals surface area contributed by atoms with Crippen molar-refractivity contribution in [1.29, 1.82) is 0 Å². The molecule has 4 heterocycles. The van der Waals surface area contributed by atoms with E-state index in [2.05, 4.69) is 15.1 Å². The highest BCUT2D eigenvalue weighted by Crippen LogP contribution is 2.31. The third kappa shape index (κ3) is 5.41. The highest BCUT2D eigenvalue weighted by Gasteiger charge is 2.39. The number of hydrogen-bond acceptors (Lipinski definition) is 7. The Morgan fingerprint density at radius 2 is 1.63 bits per heavy atom. The first kappa shape index (κ1) is 23.9. The Morgan fingerprint density at radius 3 is 2.29 bits per heavy atom. The molecule has 0 radical (unpaired) electrons. The zero-order chi connectivity index (χ0) is 24.4. The van der Waals surface area contributed by atoms with Crippen LogP contribution < -0.4 is 10.1 Å². The third-order valence-corrected chi connectivity index (χ3v) is 7.89. The molecule has 4 aliphatic rings. The van der Waals surface area contributed by atoms with Crippen molar-refractivity contribution >= 4 is 24.0 Å². The molecule has 9 nitrogen and oxygen atoms in total. The summed E-state index contributed by atoms with van der Waals surface area (Å²) in [6.45, 7) is 6.51. The van der Waals surface area contributed by atoms with E-state index in [0.717, 1.165) is 82.6 Å². The zero-order valence-corrected chi connectivity index (χ0v) is 20.1. The van der Waals surface area contributed by atoms with E-state index in [0.29, 0.717) is 18.5 Å². The monoisotopic (exact) mass is 482 g/mol. The van der Waals surface area contributed by atoms with Crippen LogP contribution in [-0.2, 0) is 20.9 Å². The predicted octanol–water partition coefficient (Wildman–Crippen LogP) is 1.20. The molecular weight excluding hydrogens is 448 g/mol. The molecule has 3 saturated heterocycles. The van der Waals surface area contributed by atoms with E-state index in [1.807, 2.05) is 12.1 Å². The molecule has 0 aromatic heterocycles. The van der Waals surface area contributed by atoms with Crippen LogP contribution >= 0.6 is 0 Å². The number of nitrogens with one attached hydrogen (secondary N) is 1. The van der Waals surface area contributed by atoms with Gasteiger partial charge >= 0.3 is 0 Å². The van der Waals surface area contributed by atoms with Gasteiger partial charge in [0.15, 0.2) is 0 Å². The molecule has 3 fully saturated rings. The number of amides is 3. The van der Waals surface area contributed by atoms with Crippen molar-refractivity contribution in [3.63, 3.8) is 0 Å². The van der Waals surface area contributed by atoms with Gasteiger partial charge in [-0.3, -0.25) is 19.7 Å². The SMILES string of the molecule is O=CC1CCN(CCN2CCC(Oc3ccc4c(c3)CN(C3CCC(=O)NC3=O)C4=O)CC2)CC1. The van der Waals surface area contributed by atoms with Gasteiger partial charge in [-0.1, -0.05) is 0 Å². The van der Waals surface area contributed by atoms with Gasteiger partial charge in [-0.2, -0.15) is 0 Å². The van der Waals surface area contributed by atoms with E-state index in [1.165, 1.54) is 0 Å². The quantitative estimate of drug-likeness (QED) is 0.461. The minimum absolute atomic E-state index is 0.149. The molecule has 3 amide bonds.